The van der Waals surface area contributed by atoms with E-state index in [1.807, 2.05) is 0 Å². The number of nitrogens with one attached hydrogen (secondary N) is 1. The molecule has 0 aromatic heterocycles. The van der Waals surface area contributed by atoms with E-state index in [2.05, 4.69) is 68.0 Å². The molecule has 1 atom stereocenters. The van der Waals surface area contributed by atoms with Crippen LogP contribution in [0.3, 0.4) is 0 Å². The van der Waals surface area contributed by atoms with E-state index in [4.69, 9.17) is 0 Å². The summed E-state index contributed by atoms with van der Waals surface area (Å²) < 4.78 is 1.22. The molecule has 0 aliphatic rings. The highest BCUT2D eigenvalue weighted by atomic mass is 79.9. The van der Waals surface area contributed by atoms with Crippen molar-refractivity contribution in [1.29, 1.82) is 0 Å². The predicted molar refractivity (Wildman–Crippen MR) is 88.7 cm³/mol. The van der Waals surface area contributed by atoms with E-state index in [9.17, 15) is 0 Å². The lowest BCUT2D eigenvalue weighted by molar-refractivity contribution is 0.340. The maximum Gasteiger partial charge on any atom is 0.0351 e. The first-order chi connectivity index (χ1) is 9.04. The minimum absolute atomic E-state index is 0.488. The van der Waals surface area contributed by atoms with Crippen LogP contribution >= 0.6 is 15.9 Å². The molecule has 1 rings (SSSR count). The van der Waals surface area contributed by atoms with Gasteiger partial charge in [-0.25, -0.2) is 0 Å². The Morgan fingerprint density at radius 1 is 1.05 bits per heavy atom. The summed E-state index contributed by atoms with van der Waals surface area (Å²) in [6.07, 6.45) is 3.64. The number of rotatable bonds is 7. The molecule has 1 aromatic carbocycles. The second-order valence-corrected chi connectivity index (χ2v) is 6.32. The van der Waals surface area contributed by atoms with E-state index >= 15 is 0 Å². The lowest BCUT2D eigenvalue weighted by Gasteiger charge is -2.29. The summed E-state index contributed by atoms with van der Waals surface area (Å²) in [6, 6.07) is 5.10. The van der Waals surface area contributed by atoms with Crippen LogP contribution in [0.15, 0.2) is 16.6 Å². The molecule has 0 heterocycles. The van der Waals surface area contributed by atoms with Crippen molar-refractivity contribution in [1.82, 2.24) is 5.32 Å². The minimum Gasteiger partial charge on any atom is -0.310 e. The molecule has 0 saturated heterocycles. The molecule has 1 unspecified atom stereocenters. The van der Waals surface area contributed by atoms with Gasteiger partial charge in [0.1, 0.15) is 0 Å². The second kappa shape index (κ2) is 8.06. The van der Waals surface area contributed by atoms with Crippen molar-refractivity contribution >= 4 is 15.9 Å². The Hall–Kier alpha value is -0.340. The van der Waals surface area contributed by atoms with Gasteiger partial charge in [0.25, 0.3) is 0 Å². The zero-order valence-electron chi connectivity index (χ0n) is 13.0. The fourth-order valence-electron chi connectivity index (χ4n) is 2.73. The van der Waals surface area contributed by atoms with Gasteiger partial charge in [-0.05, 0) is 55.5 Å². The zero-order chi connectivity index (χ0) is 14.4. The van der Waals surface area contributed by atoms with Gasteiger partial charge >= 0.3 is 0 Å². The van der Waals surface area contributed by atoms with Gasteiger partial charge < -0.3 is 5.32 Å². The predicted octanol–water partition coefficient (Wildman–Crippen LogP) is 5.54. The number of aryl methyl sites for hydroxylation is 2. The van der Waals surface area contributed by atoms with Gasteiger partial charge in [-0.1, -0.05) is 55.6 Å². The van der Waals surface area contributed by atoms with Crippen LogP contribution in [0.4, 0.5) is 0 Å². The second-order valence-electron chi connectivity index (χ2n) is 5.47. The fraction of sp³-hybridized carbons (Fsp3) is 0.647. The quantitative estimate of drug-likeness (QED) is 0.693. The van der Waals surface area contributed by atoms with E-state index in [-0.39, 0.29) is 0 Å². The van der Waals surface area contributed by atoms with E-state index in [0.717, 1.165) is 6.54 Å². The molecule has 0 aliphatic carbocycles. The number of benzene rings is 1. The fourth-order valence-corrected chi connectivity index (χ4v) is 3.19. The van der Waals surface area contributed by atoms with Crippen LogP contribution < -0.4 is 5.32 Å². The smallest absolute Gasteiger partial charge is 0.0351 e. The van der Waals surface area contributed by atoms with Gasteiger partial charge in [-0.15, -0.1) is 0 Å². The average Bonchev–Trinajstić information content (AvgIpc) is 2.39. The van der Waals surface area contributed by atoms with E-state index < -0.39 is 0 Å². The van der Waals surface area contributed by atoms with Gasteiger partial charge in [0.15, 0.2) is 0 Å². The van der Waals surface area contributed by atoms with E-state index in [1.54, 1.807) is 0 Å². The van der Waals surface area contributed by atoms with E-state index in [1.165, 1.54) is 40.4 Å². The largest absolute Gasteiger partial charge is 0.310 e. The Morgan fingerprint density at radius 3 is 2.21 bits per heavy atom. The van der Waals surface area contributed by atoms with Crippen molar-refractivity contribution < 1.29 is 0 Å². The molecular weight excluding hydrogens is 298 g/mol. The maximum atomic E-state index is 3.76. The van der Waals surface area contributed by atoms with Gasteiger partial charge in [-0.2, -0.15) is 0 Å². The summed E-state index contributed by atoms with van der Waals surface area (Å²) in [6.45, 7) is 12.3. The summed E-state index contributed by atoms with van der Waals surface area (Å²) >= 11 is 3.63. The van der Waals surface area contributed by atoms with Crippen LogP contribution in [0.25, 0.3) is 0 Å². The molecule has 0 radical (unpaired) electrons. The van der Waals surface area contributed by atoms with Gasteiger partial charge in [0, 0.05) is 10.5 Å². The molecule has 0 spiro atoms. The van der Waals surface area contributed by atoms with Gasteiger partial charge in [0.05, 0.1) is 0 Å². The first-order valence-electron chi connectivity index (χ1n) is 7.55. The van der Waals surface area contributed by atoms with Crippen LogP contribution in [0.5, 0.6) is 0 Å². The SMILES string of the molecule is CCCNC(c1cc(C)c(Br)cc1C)C(CC)CC. The Kier molecular flexibility index (Phi) is 7.09. The highest BCUT2D eigenvalue weighted by molar-refractivity contribution is 9.10. The molecule has 0 aliphatic heterocycles. The number of halogens is 1. The summed E-state index contributed by atoms with van der Waals surface area (Å²) in [5, 5.41) is 3.76. The monoisotopic (exact) mass is 325 g/mol. The average molecular weight is 326 g/mol. The minimum atomic E-state index is 0.488. The maximum absolute atomic E-state index is 3.76. The van der Waals surface area contributed by atoms with Crippen molar-refractivity contribution in [3.63, 3.8) is 0 Å². The summed E-state index contributed by atoms with van der Waals surface area (Å²) in [5.74, 6) is 0.714. The molecular formula is C17H28BrN. The first kappa shape index (κ1) is 16.7. The molecule has 1 N–H and O–H groups in total. The van der Waals surface area contributed by atoms with Crippen molar-refractivity contribution in [2.24, 2.45) is 5.92 Å². The Labute approximate surface area is 127 Å². The zero-order valence-corrected chi connectivity index (χ0v) is 14.6. The molecule has 1 nitrogen and oxygen atoms in total. The number of hydrogen-bond donors (Lipinski definition) is 1. The van der Waals surface area contributed by atoms with Crippen LogP contribution in [0.2, 0.25) is 0 Å². The van der Waals surface area contributed by atoms with Crippen LogP contribution in [0.1, 0.15) is 62.8 Å². The molecule has 0 amide bonds. The first-order valence-corrected chi connectivity index (χ1v) is 8.34. The summed E-state index contributed by atoms with van der Waals surface area (Å²) in [5.41, 5.74) is 4.19. The third-order valence-corrected chi connectivity index (χ3v) is 4.87. The highest BCUT2D eigenvalue weighted by Crippen LogP contribution is 2.32. The summed E-state index contributed by atoms with van der Waals surface area (Å²) in [7, 11) is 0. The molecule has 108 valence electrons. The van der Waals surface area contributed by atoms with Crippen molar-refractivity contribution in [3.8, 4) is 0 Å². The Bertz CT molecular complexity index is 396. The standard InChI is InChI=1S/C17H28BrN/c1-6-9-19-17(14(7-2)8-3)15-10-13(5)16(18)11-12(15)4/h10-11,14,17,19H,6-9H2,1-5H3. The van der Waals surface area contributed by atoms with Gasteiger partial charge in [0.2, 0.25) is 0 Å². The van der Waals surface area contributed by atoms with Crippen LogP contribution in [-0.4, -0.2) is 6.54 Å². The van der Waals surface area contributed by atoms with E-state index in [0.29, 0.717) is 12.0 Å². The van der Waals surface area contributed by atoms with Crippen LogP contribution in [-0.2, 0) is 0 Å². The molecule has 19 heavy (non-hydrogen) atoms. The van der Waals surface area contributed by atoms with Gasteiger partial charge in [-0.3, -0.25) is 0 Å². The summed E-state index contributed by atoms with van der Waals surface area (Å²) in [4.78, 5) is 0. The molecule has 1 aromatic rings. The van der Waals surface area contributed by atoms with Crippen LogP contribution in [0, 0.1) is 19.8 Å². The number of hydrogen-bond acceptors (Lipinski definition) is 1. The molecule has 0 bridgehead atoms. The third kappa shape index (κ3) is 4.32. The topological polar surface area (TPSA) is 12.0 Å². The molecule has 0 fully saturated rings. The molecule has 2 heteroatoms. The molecule has 0 saturated carbocycles. The van der Waals surface area contributed by atoms with Crippen molar-refractivity contribution in [3.05, 3.63) is 33.3 Å². The van der Waals surface area contributed by atoms with Crippen molar-refractivity contribution in [2.45, 2.75) is 59.9 Å². The highest BCUT2D eigenvalue weighted by Gasteiger charge is 2.21. The lowest BCUT2D eigenvalue weighted by atomic mass is 9.86. The lowest BCUT2D eigenvalue weighted by Crippen LogP contribution is -2.29. The Morgan fingerprint density at radius 2 is 1.68 bits per heavy atom. The normalized spacial score (nSPS) is 13.0. The third-order valence-electron chi connectivity index (χ3n) is 4.02. The Balaban J connectivity index is 3.12. The van der Waals surface area contributed by atoms with Crippen molar-refractivity contribution in [2.75, 3.05) is 6.54 Å².